The molecule has 2 fully saturated rings. The van der Waals surface area contributed by atoms with E-state index in [-0.39, 0.29) is 12.0 Å². The van der Waals surface area contributed by atoms with Crippen LogP contribution in [-0.4, -0.2) is 67.5 Å². The maximum absolute atomic E-state index is 9.47. The molecule has 19 heavy (non-hydrogen) atoms. The molecule has 104 valence electrons. The number of rotatable bonds is 4. The highest BCUT2D eigenvalue weighted by atomic mass is 16.5. The van der Waals surface area contributed by atoms with Gasteiger partial charge in [0, 0.05) is 38.9 Å². The van der Waals surface area contributed by atoms with Crippen LogP contribution in [0.5, 0.6) is 0 Å². The van der Waals surface area contributed by atoms with Crippen molar-refractivity contribution in [3.63, 3.8) is 0 Å². The van der Waals surface area contributed by atoms with Gasteiger partial charge in [0.2, 0.25) is 0 Å². The molecule has 0 amide bonds. The Morgan fingerprint density at radius 2 is 2.00 bits per heavy atom. The van der Waals surface area contributed by atoms with Crippen molar-refractivity contribution in [3.8, 4) is 0 Å². The van der Waals surface area contributed by atoms with Crippen molar-refractivity contribution in [2.75, 3.05) is 57.4 Å². The predicted octanol–water partition coefficient (Wildman–Crippen LogP) is 0.212. The Kier molecular flexibility index (Phi) is 3.68. The van der Waals surface area contributed by atoms with E-state index in [1.54, 1.807) is 0 Å². The largest absolute Gasteiger partial charge is 0.396 e. The van der Waals surface area contributed by atoms with E-state index >= 15 is 0 Å². The molecule has 2 saturated heterocycles. The van der Waals surface area contributed by atoms with Gasteiger partial charge in [0.25, 0.3) is 0 Å². The third kappa shape index (κ3) is 2.73. The number of anilines is 1. The minimum Gasteiger partial charge on any atom is -0.396 e. The molecule has 3 heterocycles. The van der Waals surface area contributed by atoms with Gasteiger partial charge >= 0.3 is 0 Å². The first-order valence-electron chi connectivity index (χ1n) is 6.88. The van der Waals surface area contributed by atoms with Gasteiger partial charge in [-0.1, -0.05) is 6.07 Å². The highest BCUT2D eigenvalue weighted by Crippen LogP contribution is 2.28. The normalized spacial score (nSPS) is 23.1. The number of hydrogen-bond acceptors (Lipinski definition) is 5. The summed E-state index contributed by atoms with van der Waals surface area (Å²) in [5.74, 6) is 1.06. The molecule has 5 heteroatoms. The van der Waals surface area contributed by atoms with E-state index in [9.17, 15) is 5.11 Å². The minimum atomic E-state index is -0.00678. The summed E-state index contributed by atoms with van der Waals surface area (Å²) in [5, 5.41) is 9.47. The van der Waals surface area contributed by atoms with Crippen LogP contribution in [-0.2, 0) is 4.74 Å². The number of aliphatic hydroxyl groups excluding tert-OH is 1. The third-order valence-electron chi connectivity index (χ3n) is 4.06. The Hall–Kier alpha value is -1.17. The average molecular weight is 263 g/mol. The van der Waals surface area contributed by atoms with E-state index in [0.29, 0.717) is 13.2 Å². The van der Waals surface area contributed by atoms with Crippen molar-refractivity contribution in [1.82, 2.24) is 9.88 Å². The van der Waals surface area contributed by atoms with Gasteiger partial charge in [-0.2, -0.15) is 0 Å². The molecule has 1 aromatic rings. The maximum Gasteiger partial charge on any atom is 0.128 e. The van der Waals surface area contributed by atoms with Crippen molar-refractivity contribution < 1.29 is 9.84 Å². The standard InChI is InChI=1S/C14H21N3O2/c18-10-14(11-19-12-14)9-16-5-7-17(8-6-16)13-3-1-2-4-15-13/h1-4,18H,5-12H2. The fourth-order valence-corrected chi connectivity index (χ4v) is 2.77. The van der Waals surface area contributed by atoms with Crippen LogP contribution in [0.3, 0.4) is 0 Å². The lowest BCUT2D eigenvalue weighted by Crippen LogP contribution is -2.57. The van der Waals surface area contributed by atoms with Crippen LogP contribution in [0, 0.1) is 5.41 Å². The van der Waals surface area contributed by atoms with Crippen LogP contribution >= 0.6 is 0 Å². The fraction of sp³-hybridized carbons (Fsp3) is 0.643. The smallest absolute Gasteiger partial charge is 0.128 e. The van der Waals surface area contributed by atoms with Crippen molar-refractivity contribution >= 4 is 5.82 Å². The molecule has 1 aromatic heterocycles. The van der Waals surface area contributed by atoms with Crippen molar-refractivity contribution in [2.45, 2.75) is 0 Å². The maximum atomic E-state index is 9.47. The summed E-state index contributed by atoms with van der Waals surface area (Å²) < 4.78 is 5.25. The number of pyridine rings is 1. The molecule has 5 nitrogen and oxygen atoms in total. The zero-order valence-electron chi connectivity index (χ0n) is 11.2. The Labute approximate surface area is 113 Å². The number of piperazine rings is 1. The fourth-order valence-electron chi connectivity index (χ4n) is 2.77. The second-order valence-corrected chi connectivity index (χ2v) is 5.60. The molecule has 2 aliphatic rings. The minimum absolute atomic E-state index is 0.00678. The Bertz CT molecular complexity index is 395. The highest BCUT2D eigenvalue weighted by Gasteiger charge is 2.40. The van der Waals surface area contributed by atoms with E-state index in [1.165, 1.54) is 0 Å². The molecule has 1 N–H and O–H groups in total. The quantitative estimate of drug-likeness (QED) is 0.841. The lowest BCUT2D eigenvalue weighted by Gasteiger charge is -2.45. The van der Waals surface area contributed by atoms with E-state index < -0.39 is 0 Å². The lowest BCUT2D eigenvalue weighted by molar-refractivity contribution is -0.148. The van der Waals surface area contributed by atoms with Crippen LogP contribution < -0.4 is 4.90 Å². The first-order chi connectivity index (χ1) is 9.31. The second kappa shape index (κ2) is 5.45. The molecule has 2 aliphatic heterocycles. The summed E-state index contributed by atoms with van der Waals surface area (Å²) in [6, 6.07) is 6.03. The SMILES string of the molecule is OCC1(CN2CCN(c3ccccn3)CC2)COC1. The average Bonchev–Trinajstić information content (AvgIpc) is 2.45. The molecule has 0 radical (unpaired) electrons. The lowest BCUT2D eigenvalue weighted by atomic mass is 9.86. The number of ether oxygens (including phenoxy) is 1. The summed E-state index contributed by atoms with van der Waals surface area (Å²) >= 11 is 0. The van der Waals surface area contributed by atoms with Crippen molar-refractivity contribution in [1.29, 1.82) is 0 Å². The van der Waals surface area contributed by atoms with Gasteiger partial charge in [-0.15, -0.1) is 0 Å². The van der Waals surface area contributed by atoms with Crippen molar-refractivity contribution in [3.05, 3.63) is 24.4 Å². The molecule has 0 aromatic carbocycles. The summed E-state index contributed by atoms with van der Waals surface area (Å²) in [7, 11) is 0. The third-order valence-corrected chi connectivity index (χ3v) is 4.06. The summed E-state index contributed by atoms with van der Waals surface area (Å²) in [5.41, 5.74) is -0.00678. The van der Waals surface area contributed by atoms with Crippen LogP contribution in [0.2, 0.25) is 0 Å². The Morgan fingerprint density at radius 3 is 2.53 bits per heavy atom. The van der Waals surface area contributed by atoms with E-state index in [4.69, 9.17) is 4.74 Å². The molecule has 3 rings (SSSR count). The first-order valence-corrected chi connectivity index (χ1v) is 6.88. The van der Waals surface area contributed by atoms with Gasteiger partial charge in [0.15, 0.2) is 0 Å². The molecular formula is C14H21N3O2. The summed E-state index contributed by atoms with van der Waals surface area (Å²) in [4.78, 5) is 9.14. The molecular weight excluding hydrogens is 242 g/mol. The Balaban J connectivity index is 1.52. The first kappa shape index (κ1) is 12.8. The zero-order chi connectivity index (χ0) is 13.1. The van der Waals surface area contributed by atoms with E-state index in [1.807, 2.05) is 18.3 Å². The highest BCUT2D eigenvalue weighted by molar-refractivity contribution is 5.38. The van der Waals surface area contributed by atoms with E-state index in [0.717, 1.165) is 38.5 Å². The molecule has 0 atom stereocenters. The number of hydrogen-bond donors (Lipinski definition) is 1. The van der Waals surface area contributed by atoms with Crippen molar-refractivity contribution in [2.24, 2.45) is 5.41 Å². The Morgan fingerprint density at radius 1 is 1.21 bits per heavy atom. The van der Waals surface area contributed by atoms with E-state index in [2.05, 4.69) is 20.9 Å². The molecule has 0 aliphatic carbocycles. The molecule has 0 unspecified atom stereocenters. The van der Waals surface area contributed by atoms with Gasteiger partial charge in [-0.3, -0.25) is 4.90 Å². The summed E-state index contributed by atoms with van der Waals surface area (Å²) in [6.07, 6.45) is 1.84. The predicted molar refractivity (Wildman–Crippen MR) is 73.2 cm³/mol. The van der Waals surface area contributed by atoms with Crippen LogP contribution in [0.15, 0.2) is 24.4 Å². The number of aliphatic hydroxyl groups is 1. The number of aromatic nitrogens is 1. The van der Waals surface area contributed by atoms with Crippen LogP contribution in [0.25, 0.3) is 0 Å². The second-order valence-electron chi connectivity index (χ2n) is 5.60. The van der Waals surface area contributed by atoms with Gasteiger partial charge in [-0.05, 0) is 12.1 Å². The topological polar surface area (TPSA) is 48.8 Å². The summed E-state index contributed by atoms with van der Waals surface area (Å²) in [6.45, 7) is 6.62. The van der Waals surface area contributed by atoms with Gasteiger partial charge in [-0.25, -0.2) is 4.98 Å². The van der Waals surface area contributed by atoms with Gasteiger partial charge < -0.3 is 14.7 Å². The van der Waals surface area contributed by atoms with Crippen LogP contribution in [0.1, 0.15) is 0 Å². The van der Waals surface area contributed by atoms with Gasteiger partial charge in [0.05, 0.1) is 25.2 Å². The molecule has 0 saturated carbocycles. The zero-order valence-corrected chi connectivity index (χ0v) is 11.2. The van der Waals surface area contributed by atoms with Gasteiger partial charge in [0.1, 0.15) is 5.82 Å². The molecule has 0 bridgehead atoms. The number of nitrogens with zero attached hydrogens (tertiary/aromatic N) is 3. The molecule has 0 spiro atoms. The monoisotopic (exact) mass is 263 g/mol. The van der Waals surface area contributed by atoms with Crippen LogP contribution in [0.4, 0.5) is 5.82 Å².